The summed E-state index contributed by atoms with van der Waals surface area (Å²) in [7, 11) is -3.66. The molecule has 138 valence electrons. The Bertz CT molecular complexity index is 925. The minimum atomic E-state index is -3.66. The van der Waals surface area contributed by atoms with Crippen molar-refractivity contribution in [2.75, 3.05) is 18.4 Å². The molecule has 1 heterocycles. The van der Waals surface area contributed by atoms with Crippen molar-refractivity contribution >= 4 is 33.2 Å². The minimum absolute atomic E-state index is 0.00956. The normalized spacial score (nSPS) is 15.6. The molecule has 1 saturated heterocycles. The van der Waals surface area contributed by atoms with Crippen LogP contribution in [0.2, 0.25) is 5.02 Å². The number of benzene rings is 2. The summed E-state index contributed by atoms with van der Waals surface area (Å²) in [6.07, 6.45) is 2.68. The van der Waals surface area contributed by atoms with E-state index in [1.165, 1.54) is 34.6 Å². The first-order valence-corrected chi connectivity index (χ1v) is 10.1. The predicted molar refractivity (Wildman–Crippen MR) is 100 cm³/mol. The zero-order valence-electron chi connectivity index (χ0n) is 14.0. The standard InChI is InChI=1S/C18H19ClN2O4S/c19-17-8-7-15(26(24,25)21-9-2-1-3-10-21)12-16(17)18(23)20-13-5-4-6-14(22)11-13/h4-8,11-12,22H,1-3,9-10H2,(H,20,23). The SMILES string of the molecule is O=C(Nc1cccc(O)c1)c1cc(S(=O)(=O)N2CCCCC2)ccc1Cl. The van der Waals surface area contributed by atoms with Crippen LogP contribution in [0.15, 0.2) is 47.4 Å². The Kier molecular flexibility index (Phi) is 5.50. The number of piperidine rings is 1. The lowest BCUT2D eigenvalue weighted by Gasteiger charge is -2.26. The highest BCUT2D eigenvalue weighted by molar-refractivity contribution is 7.89. The van der Waals surface area contributed by atoms with E-state index in [9.17, 15) is 18.3 Å². The molecule has 3 rings (SSSR count). The van der Waals surface area contributed by atoms with Gasteiger partial charge < -0.3 is 10.4 Å². The van der Waals surface area contributed by atoms with E-state index in [0.717, 1.165) is 19.3 Å². The molecule has 0 atom stereocenters. The van der Waals surface area contributed by atoms with Gasteiger partial charge in [-0.2, -0.15) is 4.31 Å². The van der Waals surface area contributed by atoms with Gasteiger partial charge in [0, 0.05) is 24.8 Å². The highest BCUT2D eigenvalue weighted by atomic mass is 35.5. The molecule has 0 saturated carbocycles. The number of hydrogen-bond acceptors (Lipinski definition) is 4. The van der Waals surface area contributed by atoms with Crippen LogP contribution in [-0.2, 0) is 10.0 Å². The van der Waals surface area contributed by atoms with E-state index in [1.807, 2.05) is 0 Å². The summed E-state index contributed by atoms with van der Waals surface area (Å²) in [6.45, 7) is 0.964. The molecule has 8 heteroatoms. The van der Waals surface area contributed by atoms with Crippen LogP contribution in [0, 0.1) is 0 Å². The van der Waals surface area contributed by atoms with Crippen LogP contribution >= 0.6 is 11.6 Å². The van der Waals surface area contributed by atoms with Gasteiger partial charge in [-0.15, -0.1) is 0 Å². The molecule has 0 bridgehead atoms. The fourth-order valence-corrected chi connectivity index (χ4v) is 4.62. The molecular weight excluding hydrogens is 376 g/mol. The molecule has 2 aromatic rings. The smallest absolute Gasteiger partial charge is 0.257 e. The zero-order chi connectivity index (χ0) is 18.7. The number of carbonyl (C=O) groups excluding carboxylic acids is 1. The molecule has 0 aliphatic carbocycles. The maximum absolute atomic E-state index is 12.8. The third kappa shape index (κ3) is 4.00. The molecule has 0 radical (unpaired) electrons. The van der Waals surface area contributed by atoms with Gasteiger partial charge in [0.2, 0.25) is 10.0 Å². The molecule has 6 nitrogen and oxygen atoms in total. The Balaban J connectivity index is 1.88. The minimum Gasteiger partial charge on any atom is -0.508 e. The van der Waals surface area contributed by atoms with Crippen LogP contribution in [0.3, 0.4) is 0 Å². The molecule has 26 heavy (non-hydrogen) atoms. The van der Waals surface area contributed by atoms with Gasteiger partial charge in [-0.05, 0) is 43.2 Å². The summed E-state index contributed by atoms with van der Waals surface area (Å²) in [5.41, 5.74) is 0.448. The van der Waals surface area contributed by atoms with Crippen LogP contribution in [0.5, 0.6) is 5.75 Å². The van der Waals surface area contributed by atoms with Crippen LogP contribution in [0.4, 0.5) is 5.69 Å². The summed E-state index contributed by atoms with van der Waals surface area (Å²) in [5, 5.41) is 12.2. The van der Waals surface area contributed by atoms with Crippen molar-refractivity contribution in [3.63, 3.8) is 0 Å². The van der Waals surface area contributed by atoms with Crippen LogP contribution < -0.4 is 5.32 Å². The lowest BCUT2D eigenvalue weighted by molar-refractivity contribution is 0.102. The van der Waals surface area contributed by atoms with Gasteiger partial charge in [0.25, 0.3) is 5.91 Å². The van der Waals surface area contributed by atoms with Gasteiger partial charge >= 0.3 is 0 Å². The molecule has 1 fully saturated rings. The fraction of sp³-hybridized carbons (Fsp3) is 0.278. The molecule has 1 aliphatic heterocycles. The molecule has 0 spiro atoms. The molecular formula is C18H19ClN2O4S. The lowest BCUT2D eigenvalue weighted by atomic mass is 10.2. The highest BCUT2D eigenvalue weighted by Crippen LogP contribution is 2.26. The number of amides is 1. The van der Waals surface area contributed by atoms with Gasteiger partial charge in [-0.1, -0.05) is 24.1 Å². The molecule has 2 N–H and O–H groups in total. The average Bonchev–Trinajstić information content (AvgIpc) is 2.62. The van der Waals surface area contributed by atoms with E-state index < -0.39 is 15.9 Å². The number of hydrogen-bond donors (Lipinski definition) is 2. The number of phenolic OH excluding ortho intramolecular Hbond substituents is 1. The van der Waals surface area contributed by atoms with Gasteiger partial charge in [0.1, 0.15) is 5.75 Å². The largest absolute Gasteiger partial charge is 0.508 e. The average molecular weight is 395 g/mol. The molecule has 2 aromatic carbocycles. The third-order valence-electron chi connectivity index (χ3n) is 4.24. The van der Waals surface area contributed by atoms with Crippen molar-refractivity contribution in [3.05, 3.63) is 53.1 Å². The van der Waals surface area contributed by atoms with E-state index >= 15 is 0 Å². The number of nitrogens with one attached hydrogen (secondary N) is 1. The van der Waals surface area contributed by atoms with Gasteiger partial charge in [0.05, 0.1) is 15.5 Å². The number of carbonyl (C=O) groups is 1. The number of halogens is 1. The van der Waals surface area contributed by atoms with Gasteiger partial charge in [-0.25, -0.2) is 8.42 Å². The number of phenols is 1. The van der Waals surface area contributed by atoms with Gasteiger partial charge in [0.15, 0.2) is 0 Å². The van der Waals surface area contributed by atoms with Crippen molar-refractivity contribution in [2.45, 2.75) is 24.2 Å². The summed E-state index contributed by atoms with van der Waals surface area (Å²) >= 11 is 6.11. The van der Waals surface area contributed by atoms with Crippen molar-refractivity contribution in [2.24, 2.45) is 0 Å². The summed E-state index contributed by atoms with van der Waals surface area (Å²) in [5.74, 6) is -0.536. The second-order valence-electron chi connectivity index (χ2n) is 6.11. The number of rotatable bonds is 4. The zero-order valence-corrected chi connectivity index (χ0v) is 15.6. The molecule has 0 aromatic heterocycles. The quantitative estimate of drug-likeness (QED) is 0.831. The highest BCUT2D eigenvalue weighted by Gasteiger charge is 2.27. The van der Waals surface area contributed by atoms with E-state index in [0.29, 0.717) is 18.8 Å². The monoisotopic (exact) mass is 394 g/mol. The lowest BCUT2D eigenvalue weighted by Crippen LogP contribution is -2.35. The third-order valence-corrected chi connectivity index (χ3v) is 6.46. The van der Waals surface area contributed by atoms with Crippen LogP contribution in [0.1, 0.15) is 29.6 Å². The Morgan fingerprint density at radius 3 is 2.50 bits per heavy atom. The fourth-order valence-electron chi connectivity index (χ4n) is 2.88. The van der Waals surface area contributed by atoms with E-state index in [4.69, 9.17) is 11.6 Å². The van der Waals surface area contributed by atoms with Gasteiger partial charge in [-0.3, -0.25) is 4.79 Å². The summed E-state index contributed by atoms with van der Waals surface area (Å²) < 4.78 is 27.0. The second-order valence-corrected chi connectivity index (χ2v) is 8.46. The van der Waals surface area contributed by atoms with E-state index in [1.54, 1.807) is 12.1 Å². The topological polar surface area (TPSA) is 86.7 Å². The first-order valence-electron chi connectivity index (χ1n) is 8.28. The van der Waals surface area contributed by atoms with Crippen molar-refractivity contribution in [1.82, 2.24) is 4.31 Å². The number of nitrogens with zero attached hydrogens (tertiary/aromatic N) is 1. The summed E-state index contributed by atoms with van der Waals surface area (Å²) in [4.78, 5) is 12.6. The van der Waals surface area contributed by atoms with Crippen molar-refractivity contribution in [1.29, 1.82) is 0 Å². The molecule has 1 aliphatic rings. The predicted octanol–water partition coefficient (Wildman–Crippen LogP) is 3.47. The van der Waals surface area contributed by atoms with E-state index in [2.05, 4.69) is 5.32 Å². The maximum Gasteiger partial charge on any atom is 0.257 e. The molecule has 0 unspecified atom stereocenters. The Hall–Kier alpha value is -2.09. The number of anilines is 1. The maximum atomic E-state index is 12.8. The molecule has 1 amide bonds. The number of sulfonamides is 1. The van der Waals surface area contributed by atoms with Crippen molar-refractivity contribution in [3.8, 4) is 5.75 Å². The summed E-state index contributed by atoms with van der Waals surface area (Å²) in [6, 6.07) is 10.2. The Morgan fingerprint density at radius 2 is 1.81 bits per heavy atom. The Morgan fingerprint density at radius 1 is 1.08 bits per heavy atom. The van der Waals surface area contributed by atoms with E-state index in [-0.39, 0.29) is 21.2 Å². The van der Waals surface area contributed by atoms with Crippen molar-refractivity contribution < 1.29 is 18.3 Å². The Labute approximate surface area is 157 Å². The number of aromatic hydroxyl groups is 1. The second kappa shape index (κ2) is 7.65. The first-order chi connectivity index (χ1) is 12.4. The van der Waals surface area contributed by atoms with Crippen LogP contribution in [-0.4, -0.2) is 36.8 Å². The van der Waals surface area contributed by atoms with Crippen LogP contribution in [0.25, 0.3) is 0 Å². The first kappa shape index (κ1) is 18.7.